The Bertz CT molecular complexity index is 1870. The summed E-state index contributed by atoms with van der Waals surface area (Å²) in [6, 6.07) is 0. The summed E-state index contributed by atoms with van der Waals surface area (Å²) in [4.78, 5) is 37.6. The number of hydrogen-bond donors (Lipinski definition) is 0. The van der Waals surface area contributed by atoms with Crippen molar-refractivity contribution in [1.29, 1.82) is 0 Å². The molecular weight excluding hydrogens is 1130 g/mol. The zero-order valence-electron chi connectivity index (χ0n) is 59.9. The lowest BCUT2D eigenvalue weighted by Crippen LogP contribution is -2.44. The predicted octanol–water partition coefficient (Wildman–Crippen LogP) is 22.8. The van der Waals surface area contributed by atoms with Crippen molar-refractivity contribution >= 4 is 17.9 Å². The molecule has 9 nitrogen and oxygen atoms in total. The first-order chi connectivity index (χ1) is 44.6. The van der Waals surface area contributed by atoms with Crippen LogP contribution in [0, 0.1) is 0 Å². The number of allylic oxidation sites excluding steroid dienone is 18. The van der Waals surface area contributed by atoms with Gasteiger partial charge in [0.15, 0.2) is 12.4 Å². The third-order valence-electron chi connectivity index (χ3n) is 16.5. The number of carboxylic acids is 1. The maximum Gasteiger partial charge on any atom is 0.306 e. The van der Waals surface area contributed by atoms with Gasteiger partial charge in [-0.15, -0.1) is 0 Å². The van der Waals surface area contributed by atoms with Gasteiger partial charge >= 0.3 is 11.9 Å². The van der Waals surface area contributed by atoms with Gasteiger partial charge in [0.2, 0.25) is 0 Å². The summed E-state index contributed by atoms with van der Waals surface area (Å²) in [5.41, 5.74) is 0. The van der Waals surface area contributed by atoms with E-state index < -0.39 is 24.3 Å². The molecule has 0 N–H and O–H groups in total. The van der Waals surface area contributed by atoms with Gasteiger partial charge in [-0.05, 0) is 96.3 Å². The third kappa shape index (κ3) is 73.2. The van der Waals surface area contributed by atoms with Gasteiger partial charge in [-0.1, -0.05) is 335 Å². The van der Waals surface area contributed by atoms with Crippen LogP contribution in [-0.4, -0.2) is 82.3 Å². The molecule has 0 fully saturated rings. The second-order valence-corrected chi connectivity index (χ2v) is 26.5. The molecule has 9 heteroatoms. The molecule has 0 aromatic heterocycles. The molecule has 0 saturated heterocycles. The number of aliphatic carboxylic acids is 1. The Hall–Kier alpha value is -4.05. The fourth-order valence-corrected chi connectivity index (χ4v) is 10.8. The van der Waals surface area contributed by atoms with Crippen molar-refractivity contribution in [1.82, 2.24) is 0 Å². The van der Waals surface area contributed by atoms with Gasteiger partial charge in [-0.2, -0.15) is 0 Å². The Kier molecular flexibility index (Phi) is 68.6. The summed E-state index contributed by atoms with van der Waals surface area (Å²) in [6.45, 7) is 4.56. The summed E-state index contributed by atoms with van der Waals surface area (Å²) in [5, 5.41) is 11.9. The second-order valence-electron chi connectivity index (χ2n) is 26.5. The summed E-state index contributed by atoms with van der Waals surface area (Å²) in [5.74, 6) is -2.27. The van der Waals surface area contributed by atoms with E-state index in [1.54, 1.807) is 0 Å². The van der Waals surface area contributed by atoms with Gasteiger partial charge in [0.25, 0.3) is 0 Å². The van der Waals surface area contributed by atoms with Crippen LogP contribution in [0.5, 0.6) is 0 Å². The van der Waals surface area contributed by atoms with E-state index in [1.807, 2.05) is 21.1 Å². The van der Waals surface area contributed by atoms with Gasteiger partial charge in [0.05, 0.1) is 40.3 Å². The molecule has 91 heavy (non-hydrogen) atoms. The molecule has 0 saturated carbocycles. The molecule has 2 unspecified atom stereocenters. The number of carbonyl (C=O) groups excluding carboxylic acids is 3. The van der Waals surface area contributed by atoms with Crippen LogP contribution in [0.3, 0.4) is 0 Å². The van der Waals surface area contributed by atoms with Crippen molar-refractivity contribution in [2.24, 2.45) is 0 Å². The Morgan fingerprint density at radius 3 is 0.879 bits per heavy atom. The topological polar surface area (TPSA) is 111 Å². The largest absolute Gasteiger partial charge is 0.545 e. The maximum atomic E-state index is 13.0. The lowest BCUT2D eigenvalue weighted by molar-refractivity contribution is -0.870. The van der Waals surface area contributed by atoms with Crippen molar-refractivity contribution < 1.29 is 42.9 Å². The van der Waals surface area contributed by atoms with E-state index in [-0.39, 0.29) is 32.2 Å². The molecule has 0 aromatic carbocycles. The average molecular weight is 1270 g/mol. The summed E-state index contributed by atoms with van der Waals surface area (Å²) in [6.07, 6.45) is 97.6. The highest BCUT2D eigenvalue weighted by molar-refractivity contribution is 5.70. The number of nitrogens with zero attached hydrogens (tertiary/aromatic N) is 1. The fourth-order valence-electron chi connectivity index (χ4n) is 10.8. The summed E-state index contributed by atoms with van der Waals surface area (Å²) < 4.78 is 22.9. The SMILES string of the molecule is CC/C=C\C/C=C\C/C=C\C/C=C\C/C=C\CCCCCCCCCCCCCCCCCCCCCC(=O)OC(COC(=O)CCCCCCCCCCCCCCCCCCCC/C=C\C/C=C\C/C=C\C/C=C\CC)COC(OCC[N+](C)(C)C)C(=O)[O-]. The molecule has 0 rings (SSSR count). The normalized spacial score (nSPS) is 13.3. The monoisotopic (exact) mass is 1270 g/mol. The Labute approximate surface area is 562 Å². The minimum absolute atomic E-state index is 0.147. The first kappa shape index (κ1) is 87.0. The number of hydrogen-bond acceptors (Lipinski definition) is 8. The third-order valence-corrected chi connectivity index (χ3v) is 16.5. The maximum absolute atomic E-state index is 13.0. The number of ether oxygens (including phenoxy) is 4. The van der Waals surface area contributed by atoms with Crippen molar-refractivity contribution in [3.63, 3.8) is 0 Å². The molecule has 0 bridgehead atoms. The quantitative estimate of drug-likeness (QED) is 0.0195. The van der Waals surface area contributed by atoms with Crippen molar-refractivity contribution in [2.75, 3.05) is 47.5 Å². The molecule has 0 aromatic rings. The smallest absolute Gasteiger partial charge is 0.306 e. The predicted molar refractivity (Wildman–Crippen MR) is 389 cm³/mol. The van der Waals surface area contributed by atoms with E-state index in [9.17, 15) is 19.5 Å². The molecule has 524 valence electrons. The van der Waals surface area contributed by atoms with Crippen LogP contribution in [0.1, 0.15) is 335 Å². The van der Waals surface area contributed by atoms with Gasteiger partial charge in [0.1, 0.15) is 13.2 Å². The van der Waals surface area contributed by atoms with E-state index in [4.69, 9.17) is 18.9 Å². The van der Waals surface area contributed by atoms with Crippen LogP contribution in [0.15, 0.2) is 109 Å². The number of esters is 2. The molecule has 0 spiro atoms. The second kappa shape index (κ2) is 71.8. The zero-order chi connectivity index (χ0) is 66.1. The number of quaternary nitrogens is 1. The summed E-state index contributed by atoms with van der Waals surface area (Å²) in [7, 11) is 5.94. The van der Waals surface area contributed by atoms with Crippen molar-refractivity contribution in [2.45, 2.75) is 347 Å². The Balaban J connectivity index is 4.03. The van der Waals surface area contributed by atoms with Crippen LogP contribution in [0.4, 0.5) is 0 Å². The number of carbonyl (C=O) groups is 3. The molecule has 0 aliphatic carbocycles. The highest BCUT2D eigenvalue weighted by atomic mass is 16.7. The van der Waals surface area contributed by atoms with Crippen LogP contribution in [0.2, 0.25) is 0 Å². The van der Waals surface area contributed by atoms with Gasteiger partial charge in [-0.3, -0.25) is 9.59 Å². The molecule has 0 heterocycles. The van der Waals surface area contributed by atoms with Gasteiger partial charge < -0.3 is 33.3 Å². The highest BCUT2D eigenvalue weighted by Crippen LogP contribution is 2.18. The fraction of sp³-hybridized carbons (Fsp3) is 0.744. The van der Waals surface area contributed by atoms with Crippen LogP contribution in [-0.2, 0) is 33.3 Å². The molecule has 0 radical (unpaired) electrons. The number of likely N-dealkylation sites (N-methyl/N-ethyl adjacent to an activating group) is 1. The van der Waals surface area contributed by atoms with Gasteiger partial charge in [-0.25, -0.2) is 0 Å². The molecule has 0 amide bonds. The average Bonchev–Trinajstić information content (AvgIpc) is 3.46. The Morgan fingerprint density at radius 2 is 0.593 bits per heavy atom. The van der Waals surface area contributed by atoms with E-state index in [0.717, 1.165) is 89.9 Å². The molecule has 0 aliphatic rings. The van der Waals surface area contributed by atoms with E-state index >= 15 is 0 Å². The van der Waals surface area contributed by atoms with Crippen molar-refractivity contribution in [3.05, 3.63) is 109 Å². The Morgan fingerprint density at radius 1 is 0.330 bits per heavy atom. The minimum atomic E-state index is -1.62. The zero-order valence-corrected chi connectivity index (χ0v) is 59.9. The van der Waals surface area contributed by atoms with Gasteiger partial charge in [0, 0.05) is 12.8 Å². The lowest BCUT2D eigenvalue weighted by Gasteiger charge is -2.26. The summed E-state index contributed by atoms with van der Waals surface area (Å²) >= 11 is 0. The van der Waals surface area contributed by atoms with Crippen LogP contribution >= 0.6 is 0 Å². The number of carboxylic acid groups (broad SMARTS) is 1. The molecular formula is C82H143NO8. The first-order valence-corrected chi connectivity index (χ1v) is 38.0. The molecule has 0 aliphatic heterocycles. The number of unbranched alkanes of at least 4 members (excludes halogenated alkanes) is 37. The van der Waals surface area contributed by atoms with Crippen LogP contribution < -0.4 is 5.11 Å². The number of rotatable bonds is 70. The minimum Gasteiger partial charge on any atom is -0.545 e. The molecule has 2 atom stereocenters. The standard InChI is InChI=1S/C82H143NO8/c1-6-8-10-12-14-16-18-20-22-24-26-28-30-32-34-36-38-39-40-41-43-45-47-49-51-53-55-57-59-61-63-65-67-69-71-73-80(85)91-78(77-90-82(81(86)87)88-75-74-83(3,4)5)76-89-79(84)72-70-68-66-64-62-60-58-56-54-52-50-48-46-44-42-37-35-33-31-29-27-25-23-21-19-17-15-13-11-9-7-2/h8-11,14-17,20-23,26-29,32,34,78,82H,6-7,12-13,18-19,24-25,30-31,33,35-77H2,1-5H3/b10-8-,11-9-,16-14-,17-15-,22-20-,23-21-,28-26-,29-27-,34-32-. The van der Waals surface area contributed by atoms with E-state index in [2.05, 4.69) is 123 Å². The van der Waals surface area contributed by atoms with E-state index in [0.29, 0.717) is 23.9 Å². The van der Waals surface area contributed by atoms with Crippen molar-refractivity contribution in [3.8, 4) is 0 Å². The highest BCUT2D eigenvalue weighted by Gasteiger charge is 2.22. The van der Waals surface area contributed by atoms with Crippen LogP contribution in [0.25, 0.3) is 0 Å². The van der Waals surface area contributed by atoms with E-state index in [1.165, 1.54) is 212 Å². The first-order valence-electron chi connectivity index (χ1n) is 38.0. The lowest BCUT2D eigenvalue weighted by atomic mass is 10.0.